The Balaban J connectivity index is 2.49. The summed E-state index contributed by atoms with van der Waals surface area (Å²) in [5.41, 5.74) is 0.416. The van der Waals surface area contributed by atoms with Crippen LogP contribution in [0.5, 0.6) is 0 Å². The molecule has 0 aliphatic rings. The molecule has 0 fully saturated rings. The second kappa shape index (κ2) is 5.23. The summed E-state index contributed by atoms with van der Waals surface area (Å²) < 4.78 is 39.9. The van der Waals surface area contributed by atoms with Gasteiger partial charge in [-0.15, -0.1) is 0 Å². The van der Waals surface area contributed by atoms with Crippen molar-refractivity contribution in [1.82, 2.24) is 0 Å². The highest BCUT2D eigenvalue weighted by atomic mass is 35.5. The maximum atomic E-state index is 13.6. The molecule has 2 rings (SSSR count). The number of aliphatic hydroxyl groups excluding tert-OH is 1. The Kier molecular flexibility index (Phi) is 3.83. The second-order valence-electron chi connectivity index (χ2n) is 4.19. The van der Waals surface area contributed by atoms with Gasteiger partial charge in [0.15, 0.2) is 0 Å². The van der Waals surface area contributed by atoms with E-state index in [0.29, 0.717) is 17.2 Å². The van der Waals surface area contributed by atoms with Crippen LogP contribution in [0.15, 0.2) is 30.3 Å². The summed E-state index contributed by atoms with van der Waals surface area (Å²) >= 11 is 5.89. The van der Waals surface area contributed by atoms with E-state index in [9.17, 15) is 18.3 Å². The van der Waals surface area contributed by atoms with Crippen LogP contribution in [0.3, 0.4) is 0 Å². The number of benzene rings is 2. The van der Waals surface area contributed by atoms with E-state index in [1.165, 1.54) is 12.1 Å². The van der Waals surface area contributed by atoms with Crippen LogP contribution in [0.1, 0.15) is 22.8 Å². The van der Waals surface area contributed by atoms with Gasteiger partial charge >= 0.3 is 0 Å². The highest BCUT2D eigenvalue weighted by Crippen LogP contribution is 2.29. The van der Waals surface area contributed by atoms with Crippen molar-refractivity contribution >= 4 is 11.6 Å². The van der Waals surface area contributed by atoms with E-state index in [2.05, 4.69) is 0 Å². The van der Waals surface area contributed by atoms with Gasteiger partial charge in [0.1, 0.15) is 23.6 Å². The average Bonchev–Trinajstić information content (AvgIpc) is 2.31. The molecule has 2 aromatic carbocycles. The number of hydrogen-bond donors (Lipinski definition) is 1. The molecule has 100 valence electrons. The standard InChI is InChI=1S/C14H10ClF3O/c1-7-2-3-8(4-10(7)15)14(19)13-11(17)5-9(16)6-12(13)18/h2-6,14,19H,1H3. The van der Waals surface area contributed by atoms with Gasteiger partial charge < -0.3 is 5.11 Å². The van der Waals surface area contributed by atoms with E-state index in [1.54, 1.807) is 13.0 Å². The van der Waals surface area contributed by atoms with Crippen LogP contribution in [-0.4, -0.2) is 5.11 Å². The molecule has 0 saturated carbocycles. The molecule has 1 atom stereocenters. The van der Waals surface area contributed by atoms with E-state index in [1.807, 2.05) is 0 Å². The highest BCUT2D eigenvalue weighted by molar-refractivity contribution is 6.31. The summed E-state index contributed by atoms with van der Waals surface area (Å²) in [6.45, 7) is 1.76. The van der Waals surface area contributed by atoms with Crippen LogP contribution in [0.4, 0.5) is 13.2 Å². The lowest BCUT2D eigenvalue weighted by atomic mass is 9.99. The van der Waals surface area contributed by atoms with Crippen molar-refractivity contribution < 1.29 is 18.3 Å². The minimum absolute atomic E-state index is 0.236. The van der Waals surface area contributed by atoms with Crippen LogP contribution >= 0.6 is 11.6 Å². The molecule has 19 heavy (non-hydrogen) atoms. The molecular weight excluding hydrogens is 277 g/mol. The zero-order valence-electron chi connectivity index (χ0n) is 9.92. The molecule has 0 amide bonds. The van der Waals surface area contributed by atoms with Crippen molar-refractivity contribution in [3.05, 3.63) is 69.5 Å². The number of rotatable bonds is 2. The van der Waals surface area contributed by atoms with Crippen molar-refractivity contribution in [2.75, 3.05) is 0 Å². The van der Waals surface area contributed by atoms with Crippen molar-refractivity contribution in [2.45, 2.75) is 13.0 Å². The molecule has 5 heteroatoms. The summed E-state index contributed by atoms with van der Waals surface area (Å²) in [7, 11) is 0. The van der Waals surface area contributed by atoms with Crippen LogP contribution in [0.25, 0.3) is 0 Å². The zero-order valence-corrected chi connectivity index (χ0v) is 10.7. The van der Waals surface area contributed by atoms with Crippen LogP contribution < -0.4 is 0 Å². The molecule has 2 aromatic rings. The summed E-state index contributed by atoms with van der Waals surface area (Å²) in [6.07, 6.45) is -1.54. The van der Waals surface area contributed by atoms with Gasteiger partial charge in [0.2, 0.25) is 0 Å². The lowest BCUT2D eigenvalue weighted by molar-refractivity contribution is 0.208. The largest absolute Gasteiger partial charge is 0.383 e. The Labute approximate surface area is 113 Å². The SMILES string of the molecule is Cc1ccc(C(O)c2c(F)cc(F)cc2F)cc1Cl. The fourth-order valence-corrected chi connectivity index (χ4v) is 1.95. The third kappa shape index (κ3) is 2.74. The van der Waals surface area contributed by atoms with Gasteiger partial charge in [-0.25, -0.2) is 13.2 Å². The third-order valence-electron chi connectivity index (χ3n) is 2.83. The smallest absolute Gasteiger partial charge is 0.135 e. The summed E-state index contributed by atoms with van der Waals surface area (Å²) in [4.78, 5) is 0. The molecule has 1 N–H and O–H groups in total. The highest BCUT2D eigenvalue weighted by Gasteiger charge is 2.21. The maximum Gasteiger partial charge on any atom is 0.135 e. The zero-order chi connectivity index (χ0) is 14.2. The summed E-state index contributed by atoms with van der Waals surface area (Å²) in [5.74, 6) is -3.31. The molecule has 0 radical (unpaired) electrons. The van der Waals surface area contributed by atoms with E-state index in [-0.39, 0.29) is 5.56 Å². The topological polar surface area (TPSA) is 20.2 Å². The molecule has 0 heterocycles. The van der Waals surface area contributed by atoms with E-state index >= 15 is 0 Å². The van der Waals surface area contributed by atoms with E-state index < -0.39 is 29.1 Å². The summed E-state index contributed by atoms with van der Waals surface area (Å²) in [6, 6.07) is 5.60. The van der Waals surface area contributed by atoms with Gasteiger partial charge in [-0.05, 0) is 24.1 Å². The molecule has 0 aliphatic carbocycles. The second-order valence-corrected chi connectivity index (χ2v) is 4.60. The number of aryl methyl sites for hydroxylation is 1. The molecule has 0 spiro atoms. The Morgan fingerprint density at radius 3 is 2.16 bits per heavy atom. The normalized spacial score (nSPS) is 12.5. The fourth-order valence-electron chi connectivity index (χ4n) is 1.76. The molecular formula is C14H10ClF3O. The van der Waals surface area contributed by atoms with Gasteiger partial charge in [0.25, 0.3) is 0 Å². The molecule has 1 nitrogen and oxygen atoms in total. The Morgan fingerprint density at radius 2 is 1.63 bits per heavy atom. The fraction of sp³-hybridized carbons (Fsp3) is 0.143. The molecule has 1 unspecified atom stereocenters. The number of halogens is 4. The summed E-state index contributed by atoms with van der Waals surface area (Å²) in [5, 5.41) is 10.4. The first-order valence-corrected chi connectivity index (χ1v) is 5.86. The first-order valence-electron chi connectivity index (χ1n) is 5.48. The predicted molar refractivity (Wildman–Crippen MR) is 66.6 cm³/mol. The molecule has 0 aliphatic heterocycles. The first kappa shape index (κ1) is 13.9. The Morgan fingerprint density at radius 1 is 1.05 bits per heavy atom. The molecule has 0 aromatic heterocycles. The number of aliphatic hydroxyl groups is 1. The van der Waals surface area contributed by atoms with Gasteiger partial charge in [0, 0.05) is 17.2 Å². The number of hydrogen-bond acceptors (Lipinski definition) is 1. The quantitative estimate of drug-likeness (QED) is 0.879. The minimum atomic E-state index is -1.54. The lowest BCUT2D eigenvalue weighted by Crippen LogP contribution is -2.06. The van der Waals surface area contributed by atoms with Gasteiger partial charge in [-0.3, -0.25) is 0 Å². The van der Waals surface area contributed by atoms with Crippen LogP contribution in [-0.2, 0) is 0 Å². The molecule has 0 saturated heterocycles. The lowest BCUT2D eigenvalue weighted by Gasteiger charge is -2.14. The van der Waals surface area contributed by atoms with Gasteiger partial charge in [-0.2, -0.15) is 0 Å². The minimum Gasteiger partial charge on any atom is -0.383 e. The van der Waals surface area contributed by atoms with Crippen LogP contribution in [0, 0.1) is 24.4 Å². The Hall–Kier alpha value is -1.52. The first-order chi connectivity index (χ1) is 8.90. The van der Waals surface area contributed by atoms with Crippen molar-refractivity contribution in [3.63, 3.8) is 0 Å². The van der Waals surface area contributed by atoms with E-state index in [0.717, 1.165) is 5.56 Å². The monoisotopic (exact) mass is 286 g/mol. The average molecular weight is 287 g/mol. The van der Waals surface area contributed by atoms with Crippen LogP contribution in [0.2, 0.25) is 5.02 Å². The van der Waals surface area contributed by atoms with Gasteiger partial charge in [0.05, 0.1) is 5.56 Å². The third-order valence-corrected chi connectivity index (χ3v) is 3.24. The van der Waals surface area contributed by atoms with Gasteiger partial charge in [-0.1, -0.05) is 23.7 Å². The Bertz CT molecular complexity index is 605. The maximum absolute atomic E-state index is 13.6. The van der Waals surface area contributed by atoms with Crippen molar-refractivity contribution in [1.29, 1.82) is 0 Å². The predicted octanol–water partition coefficient (Wildman–Crippen LogP) is 4.15. The van der Waals surface area contributed by atoms with Crippen molar-refractivity contribution in [3.8, 4) is 0 Å². The van der Waals surface area contributed by atoms with E-state index in [4.69, 9.17) is 11.6 Å². The van der Waals surface area contributed by atoms with Crippen molar-refractivity contribution in [2.24, 2.45) is 0 Å². The molecule has 0 bridgehead atoms.